The van der Waals surface area contributed by atoms with Crippen LogP contribution in [-0.4, -0.2) is 23.2 Å². The Kier molecular flexibility index (Phi) is 2.29. The van der Waals surface area contributed by atoms with Crippen molar-refractivity contribution in [2.75, 3.05) is 13.2 Å². The van der Waals surface area contributed by atoms with E-state index in [4.69, 9.17) is 9.47 Å². The summed E-state index contributed by atoms with van der Waals surface area (Å²) in [4.78, 5) is 17.1. The van der Waals surface area contributed by atoms with Crippen molar-refractivity contribution in [3.8, 4) is 22.6 Å². The van der Waals surface area contributed by atoms with Crippen LogP contribution in [0.4, 0.5) is 0 Å². The molecule has 17 heavy (non-hydrogen) atoms. The van der Waals surface area contributed by atoms with E-state index in [9.17, 15) is 4.79 Å². The van der Waals surface area contributed by atoms with Gasteiger partial charge < -0.3 is 14.5 Å². The molecule has 0 spiro atoms. The van der Waals surface area contributed by atoms with E-state index in [-0.39, 0.29) is 5.69 Å². The number of hydrogen-bond acceptors (Lipinski definition) is 4. The van der Waals surface area contributed by atoms with Gasteiger partial charge in [-0.25, -0.2) is 9.78 Å². The molecular formula is C12H10N2O3. The first-order valence-electron chi connectivity index (χ1n) is 5.28. The predicted octanol–water partition coefficient (Wildman–Crippen LogP) is 1.21. The summed E-state index contributed by atoms with van der Waals surface area (Å²) in [6.07, 6.45) is 3.16. The Morgan fingerprint density at radius 2 is 1.94 bits per heavy atom. The molecule has 1 aromatic carbocycles. The summed E-state index contributed by atoms with van der Waals surface area (Å²) in [5.41, 5.74) is 1.41. The lowest BCUT2D eigenvalue weighted by molar-refractivity contribution is 0.171. The van der Waals surface area contributed by atoms with Crippen LogP contribution in [0.3, 0.4) is 0 Å². The number of nitrogens with one attached hydrogen (secondary N) is 1. The first-order valence-corrected chi connectivity index (χ1v) is 5.28. The average molecular weight is 230 g/mol. The molecule has 2 aromatic rings. The van der Waals surface area contributed by atoms with Gasteiger partial charge in [0.1, 0.15) is 13.2 Å². The van der Waals surface area contributed by atoms with Crippen LogP contribution in [0.5, 0.6) is 11.5 Å². The molecule has 0 saturated heterocycles. The normalized spacial score (nSPS) is 13.4. The topological polar surface area (TPSA) is 64.2 Å². The zero-order valence-corrected chi connectivity index (χ0v) is 8.97. The maximum atomic E-state index is 10.9. The van der Waals surface area contributed by atoms with E-state index < -0.39 is 0 Å². The van der Waals surface area contributed by atoms with Gasteiger partial charge in [0.15, 0.2) is 11.5 Å². The van der Waals surface area contributed by atoms with Crippen molar-refractivity contribution in [3.63, 3.8) is 0 Å². The number of hydrogen-bond donors (Lipinski definition) is 1. The van der Waals surface area contributed by atoms with Gasteiger partial charge in [0, 0.05) is 18.0 Å². The Bertz CT molecular complexity index is 586. The molecule has 0 saturated carbocycles. The molecule has 0 atom stereocenters. The zero-order chi connectivity index (χ0) is 11.7. The largest absolute Gasteiger partial charge is 0.486 e. The minimum absolute atomic E-state index is 0.355. The molecule has 0 unspecified atom stereocenters. The smallest absolute Gasteiger partial charge is 0.344 e. The Morgan fingerprint density at radius 3 is 2.71 bits per heavy atom. The molecule has 1 aliphatic rings. The fraction of sp³-hybridized carbons (Fsp3) is 0.167. The average Bonchev–Trinajstić information content (AvgIpc) is 2.39. The van der Waals surface area contributed by atoms with E-state index in [1.165, 1.54) is 6.20 Å². The fourth-order valence-electron chi connectivity index (χ4n) is 1.72. The standard InChI is InChI=1S/C12H10N2O3/c15-12-13-6-9(7-14-12)8-1-2-10-11(5-8)17-4-3-16-10/h1-2,5-7H,3-4H2,(H,13,14,15). The molecule has 5 heteroatoms. The summed E-state index contributed by atoms with van der Waals surface area (Å²) >= 11 is 0. The van der Waals surface area contributed by atoms with Crippen LogP contribution in [0.2, 0.25) is 0 Å². The Hall–Kier alpha value is -2.30. The third kappa shape index (κ3) is 1.87. The quantitative estimate of drug-likeness (QED) is 0.799. The molecular weight excluding hydrogens is 220 g/mol. The van der Waals surface area contributed by atoms with Crippen LogP contribution in [0.1, 0.15) is 0 Å². The Labute approximate surface area is 97.0 Å². The van der Waals surface area contributed by atoms with Crippen LogP contribution in [-0.2, 0) is 0 Å². The lowest BCUT2D eigenvalue weighted by atomic mass is 10.1. The maximum Gasteiger partial charge on any atom is 0.344 e. The van der Waals surface area contributed by atoms with Gasteiger partial charge in [-0.1, -0.05) is 6.07 Å². The number of aromatic nitrogens is 2. The summed E-state index contributed by atoms with van der Waals surface area (Å²) in [6, 6.07) is 5.64. The highest BCUT2D eigenvalue weighted by atomic mass is 16.6. The van der Waals surface area contributed by atoms with E-state index in [2.05, 4.69) is 9.97 Å². The second-order valence-corrected chi connectivity index (χ2v) is 3.67. The highest BCUT2D eigenvalue weighted by molar-refractivity contribution is 5.65. The number of ether oxygens (including phenoxy) is 2. The second kappa shape index (κ2) is 3.93. The van der Waals surface area contributed by atoms with E-state index in [0.717, 1.165) is 22.6 Å². The van der Waals surface area contributed by atoms with Crippen molar-refractivity contribution in [1.82, 2.24) is 9.97 Å². The zero-order valence-electron chi connectivity index (χ0n) is 8.97. The number of benzene rings is 1. The van der Waals surface area contributed by atoms with Gasteiger partial charge >= 0.3 is 5.69 Å². The fourth-order valence-corrected chi connectivity index (χ4v) is 1.72. The second-order valence-electron chi connectivity index (χ2n) is 3.67. The molecule has 5 nitrogen and oxygen atoms in total. The molecule has 0 amide bonds. The van der Waals surface area contributed by atoms with E-state index in [1.54, 1.807) is 6.20 Å². The number of aromatic amines is 1. The number of fused-ring (bicyclic) bond motifs is 1. The molecule has 2 heterocycles. The number of nitrogens with zero attached hydrogens (tertiary/aromatic N) is 1. The third-order valence-electron chi connectivity index (χ3n) is 2.55. The Balaban J connectivity index is 2.03. The highest BCUT2D eigenvalue weighted by Crippen LogP contribution is 2.33. The van der Waals surface area contributed by atoms with Crippen LogP contribution in [0.15, 0.2) is 35.4 Å². The van der Waals surface area contributed by atoms with Gasteiger partial charge in [0.2, 0.25) is 0 Å². The lowest BCUT2D eigenvalue weighted by Crippen LogP contribution is -2.15. The molecule has 0 fully saturated rings. The van der Waals surface area contributed by atoms with Crippen LogP contribution >= 0.6 is 0 Å². The first-order chi connectivity index (χ1) is 8.33. The molecule has 1 N–H and O–H groups in total. The van der Waals surface area contributed by atoms with E-state index in [0.29, 0.717) is 13.2 Å². The van der Waals surface area contributed by atoms with Gasteiger partial charge in [-0.2, -0.15) is 0 Å². The highest BCUT2D eigenvalue weighted by Gasteiger charge is 2.12. The Morgan fingerprint density at radius 1 is 1.12 bits per heavy atom. The van der Waals surface area contributed by atoms with Crippen molar-refractivity contribution in [2.45, 2.75) is 0 Å². The van der Waals surface area contributed by atoms with Gasteiger partial charge in [-0.15, -0.1) is 0 Å². The van der Waals surface area contributed by atoms with Gasteiger partial charge in [0.05, 0.1) is 0 Å². The number of H-pyrrole nitrogens is 1. The molecule has 1 aromatic heterocycles. The summed E-state index contributed by atoms with van der Waals surface area (Å²) in [7, 11) is 0. The predicted molar refractivity (Wildman–Crippen MR) is 61.3 cm³/mol. The minimum atomic E-state index is -0.355. The summed E-state index contributed by atoms with van der Waals surface area (Å²) in [5, 5.41) is 0. The maximum absolute atomic E-state index is 10.9. The van der Waals surface area contributed by atoms with E-state index in [1.807, 2.05) is 18.2 Å². The molecule has 0 bridgehead atoms. The summed E-state index contributed by atoms with van der Waals surface area (Å²) in [5.74, 6) is 1.47. The number of rotatable bonds is 1. The first kappa shape index (κ1) is 9.89. The molecule has 86 valence electrons. The SMILES string of the molecule is O=c1ncc(-c2ccc3c(c2)OCCO3)c[nH]1. The summed E-state index contributed by atoms with van der Waals surface area (Å²) < 4.78 is 10.9. The third-order valence-corrected chi connectivity index (χ3v) is 2.55. The van der Waals surface area contributed by atoms with Crippen molar-refractivity contribution >= 4 is 0 Å². The van der Waals surface area contributed by atoms with Gasteiger partial charge in [-0.3, -0.25) is 0 Å². The molecule has 0 radical (unpaired) electrons. The van der Waals surface area contributed by atoms with Crippen molar-refractivity contribution in [1.29, 1.82) is 0 Å². The van der Waals surface area contributed by atoms with Crippen LogP contribution < -0.4 is 15.2 Å². The monoisotopic (exact) mass is 230 g/mol. The van der Waals surface area contributed by atoms with Crippen molar-refractivity contribution < 1.29 is 9.47 Å². The minimum Gasteiger partial charge on any atom is -0.486 e. The van der Waals surface area contributed by atoms with Gasteiger partial charge in [-0.05, 0) is 17.7 Å². The van der Waals surface area contributed by atoms with E-state index >= 15 is 0 Å². The van der Waals surface area contributed by atoms with Crippen LogP contribution in [0, 0.1) is 0 Å². The molecule has 1 aliphatic heterocycles. The lowest BCUT2D eigenvalue weighted by Gasteiger charge is -2.18. The van der Waals surface area contributed by atoms with Crippen molar-refractivity contribution in [2.24, 2.45) is 0 Å². The van der Waals surface area contributed by atoms with Crippen LogP contribution in [0.25, 0.3) is 11.1 Å². The van der Waals surface area contributed by atoms with Crippen molar-refractivity contribution in [3.05, 3.63) is 41.1 Å². The van der Waals surface area contributed by atoms with Gasteiger partial charge in [0.25, 0.3) is 0 Å². The summed E-state index contributed by atoms with van der Waals surface area (Å²) in [6.45, 7) is 1.13. The molecule has 0 aliphatic carbocycles. The molecule has 3 rings (SSSR count).